The molecule has 2 aliphatic rings. The van der Waals surface area contributed by atoms with Gasteiger partial charge in [-0.25, -0.2) is 9.59 Å². The molecule has 156 valence electrons. The van der Waals surface area contributed by atoms with Crippen molar-refractivity contribution in [3.8, 4) is 0 Å². The molecule has 7 nitrogen and oxygen atoms in total. The first-order chi connectivity index (χ1) is 14.6. The number of rotatable bonds is 5. The fourth-order valence-corrected chi connectivity index (χ4v) is 3.71. The van der Waals surface area contributed by atoms with Crippen LogP contribution in [0.4, 0.5) is 10.5 Å². The Bertz CT molecular complexity index is 935. The molecule has 0 spiro atoms. The minimum Gasteiger partial charge on any atom is -0.457 e. The van der Waals surface area contributed by atoms with Gasteiger partial charge in [-0.1, -0.05) is 42.5 Å². The maximum absolute atomic E-state index is 12.9. The second-order valence-electron chi connectivity index (χ2n) is 7.32. The van der Waals surface area contributed by atoms with E-state index >= 15 is 0 Å². The molecule has 0 aliphatic carbocycles. The van der Waals surface area contributed by atoms with Crippen molar-refractivity contribution in [3.63, 3.8) is 0 Å². The Morgan fingerprint density at radius 3 is 2.50 bits per heavy atom. The number of carbonyl (C=O) groups excluding carboxylic acids is 2. The van der Waals surface area contributed by atoms with Crippen LogP contribution in [0.3, 0.4) is 0 Å². The summed E-state index contributed by atoms with van der Waals surface area (Å²) in [4.78, 5) is 27.2. The van der Waals surface area contributed by atoms with Gasteiger partial charge in [0.25, 0.3) is 0 Å². The van der Waals surface area contributed by atoms with Crippen LogP contribution in [0.15, 0.2) is 65.9 Å². The van der Waals surface area contributed by atoms with Gasteiger partial charge in [0.05, 0.1) is 24.8 Å². The Kier molecular flexibility index (Phi) is 5.99. The number of ether oxygens (including phenoxy) is 2. The van der Waals surface area contributed by atoms with Gasteiger partial charge in [-0.2, -0.15) is 0 Å². The third-order valence-electron chi connectivity index (χ3n) is 5.30. The molecule has 0 saturated carbocycles. The zero-order chi connectivity index (χ0) is 20.9. The van der Waals surface area contributed by atoms with Crippen molar-refractivity contribution < 1.29 is 19.1 Å². The van der Waals surface area contributed by atoms with Gasteiger partial charge >= 0.3 is 12.0 Å². The molecule has 0 radical (unpaired) electrons. The topological polar surface area (TPSA) is 79.9 Å². The van der Waals surface area contributed by atoms with E-state index in [1.165, 1.54) is 0 Å². The summed E-state index contributed by atoms with van der Waals surface area (Å²) in [6, 6.07) is 16.5. The van der Waals surface area contributed by atoms with Gasteiger partial charge in [0.2, 0.25) is 0 Å². The first-order valence-corrected chi connectivity index (χ1v) is 10.0. The molecule has 0 unspecified atom stereocenters. The van der Waals surface area contributed by atoms with E-state index < -0.39 is 12.0 Å². The average Bonchev–Trinajstić information content (AvgIpc) is 2.78. The second kappa shape index (κ2) is 9.00. The second-order valence-corrected chi connectivity index (χ2v) is 7.32. The van der Waals surface area contributed by atoms with Crippen molar-refractivity contribution in [1.29, 1.82) is 0 Å². The lowest BCUT2D eigenvalue weighted by Gasteiger charge is -2.30. The number of amides is 2. The molecular formula is C23H25N3O4. The van der Waals surface area contributed by atoms with Crippen molar-refractivity contribution in [2.75, 3.05) is 31.2 Å². The van der Waals surface area contributed by atoms with Crippen molar-refractivity contribution in [2.24, 2.45) is 0 Å². The van der Waals surface area contributed by atoms with E-state index in [-0.39, 0.29) is 12.6 Å². The number of allylic oxidation sites excluding steroid dienone is 1. The summed E-state index contributed by atoms with van der Waals surface area (Å²) in [5.41, 5.74) is 3.73. The van der Waals surface area contributed by atoms with Crippen LogP contribution in [0.1, 0.15) is 24.1 Å². The minimum atomic E-state index is -0.569. The normalized spacial score (nSPS) is 19.2. The Morgan fingerprint density at radius 1 is 1.10 bits per heavy atom. The van der Waals surface area contributed by atoms with Gasteiger partial charge in [-0.3, -0.25) is 0 Å². The first kappa shape index (κ1) is 20.0. The van der Waals surface area contributed by atoms with Crippen LogP contribution < -0.4 is 15.5 Å². The zero-order valence-corrected chi connectivity index (χ0v) is 16.9. The molecule has 2 aromatic rings. The molecule has 0 bridgehead atoms. The predicted molar refractivity (Wildman–Crippen MR) is 113 cm³/mol. The number of benzene rings is 2. The first-order valence-electron chi connectivity index (χ1n) is 10.0. The van der Waals surface area contributed by atoms with Crippen LogP contribution in [0.2, 0.25) is 0 Å². The van der Waals surface area contributed by atoms with Gasteiger partial charge < -0.3 is 25.0 Å². The van der Waals surface area contributed by atoms with Crippen LogP contribution in [0.25, 0.3) is 0 Å². The van der Waals surface area contributed by atoms with E-state index in [4.69, 9.17) is 9.47 Å². The van der Waals surface area contributed by atoms with Crippen LogP contribution in [0, 0.1) is 0 Å². The molecule has 1 fully saturated rings. The molecule has 2 amide bonds. The molecule has 4 rings (SSSR count). The number of esters is 1. The largest absolute Gasteiger partial charge is 0.457 e. The monoisotopic (exact) mass is 407 g/mol. The number of morpholine rings is 1. The molecule has 2 aliphatic heterocycles. The quantitative estimate of drug-likeness (QED) is 0.745. The van der Waals surface area contributed by atoms with E-state index in [9.17, 15) is 9.59 Å². The number of anilines is 1. The average molecular weight is 407 g/mol. The highest BCUT2D eigenvalue weighted by Crippen LogP contribution is 2.29. The lowest BCUT2D eigenvalue weighted by Crippen LogP contribution is -2.45. The summed E-state index contributed by atoms with van der Waals surface area (Å²) >= 11 is 0. The lowest BCUT2D eigenvalue weighted by atomic mass is 9.95. The maximum atomic E-state index is 12.9. The number of nitrogens with one attached hydrogen (secondary N) is 2. The van der Waals surface area contributed by atoms with E-state index in [1.807, 2.05) is 54.6 Å². The molecule has 2 heterocycles. The maximum Gasteiger partial charge on any atom is 0.338 e. The Hall–Kier alpha value is -3.32. The van der Waals surface area contributed by atoms with E-state index in [1.54, 1.807) is 6.92 Å². The summed E-state index contributed by atoms with van der Waals surface area (Å²) < 4.78 is 10.9. The van der Waals surface area contributed by atoms with Crippen LogP contribution in [-0.4, -0.2) is 38.3 Å². The van der Waals surface area contributed by atoms with Gasteiger partial charge in [0, 0.05) is 24.5 Å². The summed E-state index contributed by atoms with van der Waals surface area (Å²) in [6.07, 6.45) is 0. The molecule has 0 aromatic heterocycles. The molecular weight excluding hydrogens is 382 g/mol. The van der Waals surface area contributed by atoms with Gasteiger partial charge in [-0.15, -0.1) is 0 Å². The Balaban J connectivity index is 1.53. The summed E-state index contributed by atoms with van der Waals surface area (Å²) in [6.45, 7) is 5.01. The van der Waals surface area contributed by atoms with Crippen LogP contribution >= 0.6 is 0 Å². The third kappa shape index (κ3) is 4.46. The fraction of sp³-hybridized carbons (Fsp3) is 0.304. The minimum absolute atomic E-state index is 0.174. The predicted octanol–water partition coefficient (Wildman–Crippen LogP) is 2.89. The number of carbonyl (C=O) groups is 2. The van der Waals surface area contributed by atoms with Gasteiger partial charge in [0.1, 0.15) is 6.61 Å². The molecule has 1 saturated heterocycles. The third-order valence-corrected chi connectivity index (χ3v) is 5.30. The highest BCUT2D eigenvalue weighted by Gasteiger charge is 2.32. The smallest absolute Gasteiger partial charge is 0.338 e. The summed E-state index contributed by atoms with van der Waals surface area (Å²) in [5, 5.41) is 5.53. The SMILES string of the molecule is CC1=C(C(=O)OCc2ccccc2)[C@@H](c2ccc(N3CCOCC3)cc2)NC(=O)N1. The van der Waals surface area contributed by atoms with Crippen LogP contribution in [0.5, 0.6) is 0 Å². The van der Waals surface area contributed by atoms with E-state index in [0.29, 0.717) is 24.5 Å². The van der Waals surface area contributed by atoms with Crippen LogP contribution in [-0.2, 0) is 20.9 Å². The molecule has 7 heteroatoms. The fourth-order valence-electron chi connectivity index (χ4n) is 3.71. The molecule has 1 atom stereocenters. The molecule has 30 heavy (non-hydrogen) atoms. The zero-order valence-electron chi connectivity index (χ0n) is 16.9. The number of hydrogen-bond acceptors (Lipinski definition) is 5. The lowest BCUT2D eigenvalue weighted by molar-refractivity contribution is -0.140. The van der Waals surface area contributed by atoms with Gasteiger partial charge in [-0.05, 0) is 30.2 Å². The Morgan fingerprint density at radius 2 is 1.80 bits per heavy atom. The standard InChI is InChI=1S/C23H25N3O4/c1-16-20(22(27)30-15-17-5-3-2-4-6-17)21(25-23(28)24-16)18-7-9-19(10-8-18)26-11-13-29-14-12-26/h2-10,21H,11-15H2,1H3,(H2,24,25,28)/t21-/m1/s1. The number of urea groups is 1. The van der Waals surface area contributed by atoms with E-state index in [2.05, 4.69) is 15.5 Å². The van der Waals surface area contributed by atoms with Gasteiger partial charge in [0.15, 0.2) is 0 Å². The highest BCUT2D eigenvalue weighted by atomic mass is 16.5. The highest BCUT2D eigenvalue weighted by molar-refractivity contribution is 5.95. The van der Waals surface area contributed by atoms with E-state index in [0.717, 1.165) is 29.9 Å². The number of hydrogen-bond donors (Lipinski definition) is 2. The molecule has 2 aromatic carbocycles. The molecule has 2 N–H and O–H groups in total. The van der Waals surface area contributed by atoms with Crippen molar-refractivity contribution in [2.45, 2.75) is 19.6 Å². The van der Waals surface area contributed by atoms with Crippen molar-refractivity contribution in [3.05, 3.63) is 77.0 Å². The summed E-state index contributed by atoms with van der Waals surface area (Å²) in [5.74, 6) is -0.453. The number of nitrogens with zero attached hydrogens (tertiary/aromatic N) is 1. The Labute approximate surface area is 175 Å². The van der Waals surface area contributed by atoms with Crippen molar-refractivity contribution >= 4 is 17.7 Å². The van der Waals surface area contributed by atoms with Crippen molar-refractivity contribution in [1.82, 2.24) is 10.6 Å². The summed E-state index contributed by atoms with van der Waals surface area (Å²) in [7, 11) is 0.